The highest BCUT2D eigenvalue weighted by molar-refractivity contribution is 5.89. The summed E-state index contributed by atoms with van der Waals surface area (Å²) >= 11 is 0. The van der Waals surface area contributed by atoms with Crippen LogP contribution in [0.3, 0.4) is 0 Å². The van der Waals surface area contributed by atoms with Gasteiger partial charge in [-0.25, -0.2) is 9.50 Å². The first-order chi connectivity index (χ1) is 11.9. The Labute approximate surface area is 145 Å². The molecule has 3 heterocycles. The van der Waals surface area contributed by atoms with Crippen LogP contribution in [-0.4, -0.2) is 40.7 Å². The van der Waals surface area contributed by atoms with Crippen molar-refractivity contribution in [1.82, 2.24) is 34.8 Å². The predicted molar refractivity (Wildman–Crippen MR) is 92.1 cm³/mol. The normalized spacial score (nSPS) is 11.4. The minimum Gasteiger partial charge on any atom is -0.293 e. The molecule has 0 aromatic carbocycles. The number of H-pyrrole nitrogens is 1. The van der Waals surface area contributed by atoms with E-state index in [1.807, 2.05) is 13.8 Å². The summed E-state index contributed by atoms with van der Waals surface area (Å²) in [4.78, 5) is 25.0. The summed E-state index contributed by atoms with van der Waals surface area (Å²) < 4.78 is 1.69. The molecular formula is C16H22N8O. The van der Waals surface area contributed by atoms with Crippen LogP contribution in [0.15, 0.2) is 6.33 Å². The van der Waals surface area contributed by atoms with Crippen LogP contribution in [0.5, 0.6) is 0 Å². The van der Waals surface area contributed by atoms with Gasteiger partial charge in [-0.15, -0.1) is 5.10 Å². The van der Waals surface area contributed by atoms with Crippen LogP contribution in [0.1, 0.15) is 43.0 Å². The van der Waals surface area contributed by atoms with Gasteiger partial charge in [0.05, 0.1) is 0 Å². The third-order valence-electron chi connectivity index (χ3n) is 3.98. The summed E-state index contributed by atoms with van der Waals surface area (Å²) in [6, 6.07) is 0. The summed E-state index contributed by atoms with van der Waals surface area (Å²) in [5.41, 5.74) is 2.82. The lowest BCUT2D eigenvalue weighted by atomic mass is 10.1. The molecule has 0 aliphatic rings. The molecule has 132 valence electrons. The Morgan fingerprint density at radius 2 is 2.12 bits per heavy atom. The fourth-order valence-electron chi connectivity index (χ4n) is 2.77. The van der Waals surface area contributed by atoms with Crippen molar-refractivity contribution < 1.29 is 4.79 Å². The highest BCUT2D eigenvalue weighted by Gasteiger charge is 2.14. The molecule has 9 nitrogen and oxygen atoms in total. The van der Waals surface area contributed by atoms with Crippen molar-refractivity contribution >= 4 is 17.6 Å². The first-order valence-electron chi connectivity index (χ1n) is 8.31. The summed E-state index contributed by atoms with van der Waals surface area (Å²) in [7, 11) is 0. The van der Waals surface area contributed by atoms with E-state index in [0.717, 1.165) is 29.2 Å². The molecule has 25 heavy (non-hydrogen) atoms. The summed E-state index contributed by atoms with van der Waals surface area (Å²) in [6.07, 6.45) is 3.15. The highest BCUT2D eigenvalue weighted by Crippen LogP contribution is 2.15. The predicted octanol–water partition coefficient (Wildman–Crippen LogP) is 1.63. The summed E-state index contributed by atoms with van der Waals surface area (Å²) in [5.74, 6) is 2.01. The number of carbonyl (C=O) groups excluding carboxylic acids is 1. The molecule has 0 radical (unpaired) electrons. The molecule has 2 N–H and O–H groups in total. The average Bonchev–Trinajstić information content (AvgIpc) is 3.15. The van der Waals surface area contributed by atoms with Crippen LogP contribution >= 0.6 is 0 Å². The van der Waals surface area contributed by atoms with E-state index in [2.05, 4.69) is 49.4 Å². The summed E-state index contributed by atoms with van der Waals surface area (Å²) in [6.45, 7) is 8.08. The molecule has 9 heteroatoms. The van der Waals surface area contributed by atoms with Crippen molar-refractivity contribution in [3.8, 4) is 0 Å². The molecule has 3 aromatic rings. The van der Waals surface area contributed by atoms with Gasteiger partial charge < -0.3 is 0 Å². The first-order valence-corrected chi connectivity index (χ1v) is 8.31. The van der Waals surface area contributed by atoms with E-state index in [0.29, 0.717) is 30.5 Å². The third kappa shape index (κ3) is 3.81. The lowest BCUT2D eigenvalue weighted by molar-refractivity contribution is -0.116. The van der Waals surface area contributed by atoms with Crippen molar-refractivity contribution in [1.29, 1.82) is 0 Å². The standard InChI is InChI=1S/C16H22N8O/c1-9(2)7-13-20-15(23-22-13)21-14(25)6-5-12-10(3)19-16-17-8-18-24(16)11(12)4/h8-9H,5-7H2,1-4H3,(H2,20,21,22,23,25). The Kier molecular flexibility index (Phi) is 4.73. The van der Waals surface area contributed by atoms with Crippen LogP contribution < -0.4 is 5.32 Å². The molecule has 0 bridgehead atoms. The van der Waals surface area contributed by atoms with E-state index in [1.54, 1.807) is 4.52 Å². The zero-order valence-corrected chi connectivity index (χ0v) is 14.9. The highest BCUT2D eigenvalue weighted by atomic mass is 16.1. The summed E-state index contributed by atoms with van der Waals surface area (Å²) in [5, 5.41) is 13.8. The lowest BCUT2D eigenvalue weighted by Gasteiger charge is -2.09. The first kappa shape index (κ1) is 17.0. The fraction of sp³-hybridized carbons (Fsp3) is 0.500. The largest absolute Gasteiger partial charge is 0.293 e. The second kappa shape index (κ2) is 6.96. The number of nitrogens with zero attached hydrogens (tertiary/aromatic N) is 6. The van der Waals surface area contributed by atoms with E-state index in [-0.39, 0.29) is 5.91 Å². The number of fused-ring (bicyclic) bond motifs is 1. The maximum absolute atomic E-state index is 12.2. The van der Waals surface area contributed by atoms with Crippen LogP contribution in [0, 0.1) is 19.8 Å². The SMILES string of the molecule is Cc1nc2ncnn2c(C)c1CCC(=O)Nc1n[nH]c(CC(C)C)n1. The molecule has 0 spiro atoms. The number of rotatable bonds is 6. The van der Waals surface area contributed by atoms with E-state index in [4.69, 9.17) is 0 Å². The van der Waals surface area contributed by atoms with Crippen LogP contribution in [0.2, 0.25) is 0 Å². The van der Waals surface area contributed by atoms with Gasteiger partial charge in [-0.1, -0.05) is 13.8 Å². The Bertz CT molecular complexity index is 895. The zero-order valence-electron chi connectivity index (χ0n) is 14.9. The quantitative estimate of drug-likeness (QED) is 0.704. The van der Waals surface area contributed by atoms with E-state index < -0.39 is 0 Å². The van der Waals surface area contributed by atoms with Gasteiger partial charge in [0, 0.05) is 24.2 Å². The second-order valence-corrected chi connectivity index (χ2v) is 6.48. The maximum atomic E-state index is 12.2. The van der Waals surface area contributed by atoms with Gasteiger partial charge in [-0.05, 0) is 31.7 Å². The second-order valence-electron chi connectivity index (χ2n) is 6.48. The number of hydrogen-bond acceptors (Lipinski definition) is 6. The van der Waals surface area contributed by atoms with Gasteiger partial charge in [0.1, 0.15) is 12.2 Å². The minimum absolute atomic E-state index is 0.132. The van der Waals surface area contributed by atoms with E-state index in [9.17, 15) is 4.79 Å². The molecule has 0 fully saturated rings. The number of aryl methyl sites for hydroxylation is 2. The van der Waals surface area contributed by atoms with Crippen molar-refractivity contribution in [3.05, 3.63) is 29.1 Å². The van der Waals surface area contributed by atoms with E-state index >= 15 is 0 Å². The molecular weight excluding hydrogens is 320 g/mol. The molecule has 3 aromatic heterocycles. The van der Waals surface area contributed by atoms with Gasteiger partial charge in [0.15, 0.2) is 0 Å². The maximum Gasteiger partial charge on any atom is 0.252 e. The number of hydrogen-bond donors (Lipinski definition) is 2. The number of nitrogens with one attached hydrogen (secondary N) is 2. The Morgan fingerprint density at radius 1 is 1.32 bits per heavy atom. The van der Waals surface area contributed by atoms with Crippen molar-refractivity contribution in [2.75, 3.05) is 5.32 Å². The lowest BCUT2D eigenvalue weighted by Crippen LogP contribution is -2.15. The smallest absolute Gasteiger partial charge is 0.252 e. The third-order valence-corrected chi connectivity index (χ3v) is 3.98. The number of carbonyl (C=O) groups is 1. The van der Waals surface area contributed by atoms with Gasteiger partial charge in [0.25, 0.3) is 5.78 Å². The van der Waals surface area contributed by atoms with Crippen molar-refractivity contribution in [3.63, 3.8) is 0 Å². The Balaban J connectivity index is 1.63. The monoisotopic (exact) mass is 342 g/mol. The molecule has 3 rings (SSSR count). The number of aromatic nitrogens is 7. The minimum atomic E-state index is -0.132. The number of aromatic amines is 1. The van der Waals surface area contributed by atoms with Gasteiger partial charge in [-0.2, -0.15) is 15.1 Å². The molecule has 0 saturated heterocycles. The average molecular weight is 342 g/mol. The van der Waals surface area contributed by atoms with Crippen LogP contribution in [-0.2, 0) is 17.6 Å². The molecule has 0 aliphatic carbocycles. The van der Waals surface area contributed by atoms with Gasteiger partial charge >= 0.3 is 0 Å². The Morgan fingerprint density at radius 3 is 2.88 bits per heavy atom. The molecule has 0 unspecified atom stereocenters. The Hall–Kier alpha value is -2.84. The van der Waals surface area contributed by atoms with E-state index in [1.165, 1.54) is 6.33 Å². The fourth-order valence-corrected chi connectivity index (χ4v) is 2.77. The van der Waals surface area contributed by atoms with Gasteiger partial charge in [-0.3, -0.25) is 15.2 Å². The number of amides is 1. The van der Waals surface area contributed by atoms with Crippen LogP contribution in [0.25, 0.3) is 5.78 Å². The van der Waals surface area contributed by atoms with Crippen molar-refractivity contribution in [2.45, 2.75) is 47.0 Å². The molecule has 0 atom stereocenters. The zero-order chi connectivity index (χ0) is 18.0. The molecule has 1 amide bonds. The molecule has 0 aliphatic heterocycles. The topological polar surface area (TPSA) is 114 Å². The van der Waals surface area contributed by atoms with Gasteiger partial charge in [0.2, 0.25) is 11.9 Å². The van der Waals surface area contributed by atoms with Crippen molar-refractivity contribution in [2.24, 2.45) is 5.92 Å². The molecule has 0 saturated carbocycles. The number of anilines is 1. The van der Waals surface area contributed by atoms with Crippen LogP contribution in [0.4, 0.5) is 5.95 Å².